The summed E-state index contributed by atoms with van der Waals surface area (Å²) in [5.41, 5.74) is 0.583. The molecule has 2 aliphatic carbocycles. The Kier molecular flexibility index (Phi) is 6.84. The number of para-hydroxylation sites is 1. The molecular weight excluding hydrogens is 528 g/mol. The van der Waals surface area contributed by atoms with E-state index in [-0.39, 0.29) is 11.5 Å². The number of nitrogens with zero attached hydrogens (tertiary/aromatic N) is 2. The van der Waals surface area contributed by atoms with Crippen LogP contribution in [-0.2, 0) is 22.7 Å². The lowest BCUT2D eigenvalue weighted by Gasteiger charge is -2.42. The molecule has 2 unspecified atom stereocenters. The fourth-order valence-electron chi connectivity index (χ4n) is 6.95. The van der Waals surface area contributed by atoms with Crippen LogP contribution in [0.2, 0.25) is 0 Å². The lowest BCUT2D eigenvalue weighted by atomic mass is 9.64. The summed E-state index contributed by atoms with van der Waals surface area (Å²) in [6.07, 6.45) is 1.84. The Morgan fingerprint density at radius 3 is 2.10 bits per heavy atom. The molecule has 4 aromatic rings. The molecule has 1 heterocycles. The normalized spacial score (nSPS) is 23.3. The Balaban J connectivity index is 1.30. The number of carbonyl (C=O) groups excluding carboxylic acids is 2. The molecule has 2 saturated carbocycles. The van der Waals surface area contributed by atoms with E-state index in [1.807, 2.05) is 65.6 Å². The molecule has 3 aromatic carbocycles. The maximum Gasteiger partial charge on any atom is 0.373 e. The summed E-state index contributed by atoms with van der Waals surface area (Å²) in [5, 5.41) is 4.96. The van der Waals surface area contributed by atoms with Gasteiger partial charge in [-0.1, -0.05) is 105 Å². The van der Waals surface area contributed by atoms with Gasteiger partial charge in [0, 0.05) is 30.3 Å². The first-order valence-corrected chi connectivity index (χ1v) is 14.3. The van der Waals surface area contributed by atoms with Gasteiger partial charge in [-0.3, -0.25) is 4.79 Å². The number of benzene rings is 3. The lowest BCUT2D eigenvalue weighted by Crippen LogP contribution is -2.48. The highest BCUT2D eigenvalue weighted by Crippen LogP contribution is 2.71. The first-order chi connectivity index (χ1) is 20.1. The second-order valence-electron chi connectivity index (χ2n) is 12.3. The van der Waals surface area contributed by atoms with E-state index >= 15 is 0 Å². The monoisotopic (exact) mass is 562 g/mol. The second-order valence-corrected chi connectivity index (χ2v) is 12.3. The summed E-state index contributed by atoms with van der Waals surface area (Å²) in [7, 11) is 0. The molecule has 7 nitrogen and oxygen atoms in total. The fourth-order valence-corrected chi connectivity index (χ4v) is 6.95. The SMILES string of the molecule is CC12CCC(C(=O)N(Cc3ccccc3)Cc3ccccc3)(C/C1=N\OC(=O)c1cc3ccccc3oc1=O)C2(C)C. The Bertz CT molecular complexity index is 1700. The standard InChI is InChI=1S/C35H34N2O5/c1-33(2)34(3)18-19-35(33,32(40)37(22-24-12-6-4-7-13-24)23-25-14-8-5-9-15-25)21-29(34)36-42-31(39)27-20-26-16-10-11-17-28(26)41-30(27)38/h4-17,20H,18-19,21-23H2,1-3H3/b36-29+. The van der Waals surface area contributed by atoms with Crippen LogP contribution in [0.15, 0.2) is 105 Å². The van der Waals surface area contributed by atoms with Gasteiger partial charge < -0.3 is 14.2 Å². The Morgan fingerprint density at radius 1 is 0.857 bits per heavy atom. The molecule has 2 bridgehead atoms. The summed E-state index contributed by atoms with van der Waals surface area (Å²) in [6.45, 7) is 7.34. The number of fused-ring (bicyclic) bond motifs is 3. The second kappa shape index (κ2) is 10.4. The van der Waals surface area contributed by atoms with Crippen LogP contribution in [0.4, 0.5) is 0 Å². The highest BCUT2D eigenvalue weighted by Gasteiger charge is 2.72. The van der Waals surface area contributed by atoms with Crippen molar-refractivity contribution in [3.63, 3.8) is 0 Å². The van der Waals surface area contributed by atoms with Gasteiger partial charge in [0.2, 0.25) is 5.91 Å². The quantitative estimate of drug-likeness (QED) is 0.141. The van der Waals surface area contributed by atoms with E-state index in [9.17, 15) is 14.4 Å². The van der Waals surface area contributed by atoms with Gasteiger partial charge in [0.15, 0.2) is 0 Å². The number of hydrogen-bond donors (Lipinski definition) is 0. The van der Waals surface area contributed by atoms with Gasteiger partial charge in [0.1, 0.15) is 11.1 Å². The minimum absolute atomic E-state index is 0.0793. The molecule has 2 aliphatic rings. The zero-order chi connectivity index (χ0) is 29.5. The smallest absolute Gasteiger partial charge is 0.373 e. The minimum Gasteiger partial charge on any atom is -0.422 e. The molecule has 42 heavy (non-hydrogen) atoms. The van der Waals surface area contributed by atoms with Crippen molar-refractivity contribution in [2.75, 3.05) is 0 Å². The molecule has 2 atom stereocenters. The van der Waals surface area contributed by atoms with Crippen LogP contribution in [0.5, 0.6) is 0 Å². The molecule has 0 N–H and O–H groups in total. The zero-order valence-electron chi connectivity index (χ0n) is 24.1. The fraction of sp³-hybridized carbons (Fsp3) is 0.314. The highest BCUT2D eigenvalue weighted by atomic mass is 16.7. The number of carbonyl (C=O) groups is 2. The van der Waals surface area contributed by atoms with Gasteiger partial charge in [-0.05, 0) is 41.5 Å². The van der Waals surface area contributed by atoms with Gasteiger partial charge in [-0.2, -0.15) is 0 Å². The third-order valence-electron chi connectivity index (χ3n) is 9.96. The van der Waals surface area contributed by atoms with E-state index in [1.165, 1.54) is 6.07 Å². The van der Waals surface area contributed by atoms with E-state index in [0.717, 1.165) is 24.0 Å². The van der Waals surface area contributed by atoms with Crippen molar-refractivity contribution in [2.45, 2.75) is 53.1 Å². The van der Waals surface area contributed by atoms with E-state index < -0.39 is 27.8 Å². The molecule has 2 fully saturated rings. The number of oxime groups is 1. The van der Waals surface area contributed by atoms with Crippen LogP contribution in [0.1, 0.15) is 61.5 Å². The van der Waals surface area contributed by atoms with Crippen molar-refractivity contribution in [1.29, 1.82) is 0 Å². The zero-order valence-corrected chi connectivity index (χ0v) is 24.1. The Hall–Kier alpha value is -4.52. The van der Waals surface area contributed by atoms with Gasteiger partial charge in [-0.15, -0.1) is 0 Å². The average molecular weight is 563 g/mol. The summed E-state index contributed by atoms with van der Waals surface area (Å²) in [6, 6.07) is 28.5. The van der Waals surface area contributed by atoms with Crippen LogP contribution in [0.25, 0.3) is 11.0 Å². The van der Waals surface area contributed by atoms with Gasteiger partial charge in [0.25, 0.3) is 0 Å². The van der Waals surface area contributed by atoms with Crippen molar-refractivity contribution >= 4 is 28.6 Å². The molecular formula is C35H34N2O5. The molecule has 7 heteroatoms. The number of rotatable bonds is 7. The van der Waals surface area contributed by atoms with Gasteiger partial charge in [-0.25, -0.2) is 9.59 Å². The van der Waals surface area contributed by atoms with Crippen LogP contribution in [-0.4, -0.2) is 22.5 Å². The third kappa shape index (κ3) is 4.44. The predicted molar refractivity (Wildman–Crippen MR) is 161 cm³/mol. The molecule has 0 radical (unpaired) electrons. The molecule has 1 amide bonds. The molecule has 6 rings (SSSR count). The summed E-state index contributed by atoms with van der Waals surface area (Å²) >= 11 is 0. The van der Waals surface area contributed by atoms with Crippen LogP contribution in [0, 0.1) is 16.2 Å². The van der Waals surface area contributed by atoms with Crippen molar-refractivity contribution < 1.29 is 18.8 Å². The summed E-state index contributed by atoms with van der Waals surface area (Å²) < 4.78 is 5.30. The van der Waals surface area contributed by atoms with E-state index in [2.05, 4.69) is 25.9 Å². The van der Waals surface area contributed by atoms with Gasteiger partial charge in [0.05, 0.1) is 11.1 Å². The minimum atomic E-state index is -0.874. The molecule has 214 valence electrons. The topological polar surface area (TPSA) is 89.2 Å². The van der Waals surface area contributed by atoms with Crippen molar-refractivity contribution in [2.24, 2.45) is 21.4 Å². The molecule has 0 aliphatic heterocycles. The van der Waals surface area contributed by atoms with Gasteiger partial charge >= 0.3 is 11.6 Å². The van der Waals surface area contributed by atoms with Crippen LogP contribution < -0.4 is 5.63 Å². The molecule has 0 saturated heterocycles. The molecule has 0 spiro atoms. The lowest BCUT2D eigenvalue weighted by molar-refractivity contribution is -0.148. The molecule has 1 aromatic heterocycles. The number of amides is 1. The van der Waals surface area contributed by atoms with Crippen LogP contribution in [0.3, 0.4) is 0 Å². The van der Waals surface area contributed by atoms with E-state index in [0.29, 0.717) is 36.2 Å². The maximum absolute atomic E-state index is 14.7. The van der Waals surface area contributed by atoms with Crippen molar-refractivity contribution in [3.8, 4) is 0 Å². The van der Waals surface area contributed by atoms with E-state index in [4.69, 9.17) is 9.25 Å². The first kappa shape index (κ1) is 27.6. The van der Waals surface area contributed by atoms with Crippen molar-refractivity contribution in [3.05, 3.63) is 118 Å². The largest absolute Gasteiger partial charge is 0.422 e. The van der Waals surface area contributed by atoms with Crippen LogP contribution >= 0.6 is 0 Å². The van der Waals surface area contributed by atoms with Crippen molar-refractivity contribution in [1.82, 2.24) is 4.90 Å². The average Bonchev–Trinajstić information content (AvgIpc) is 3.30. The first-order valence-electron chi connectivity index (χ1n) is 14.3. The predicted octanol–water partition coefficient (Wildman–Crippen LogP) is 6.75. The highest BCUT2D eigenvalue weighted by molar-refractivity contribution is 6.03. The Morgan fingerprint density at radius 2 is 1.45 bits per heavy atom. The third-order valence-corrected chi connectivity index (χ3v) is 9.96. The Labute approximate surface area is 244 Å². The number of hydrogen-bond acceptors (Lipinski definition) is 6. The summed E-state index contributed by atoms with van der Waals surface area (Å²) in [4.78, 5) is 47.5. The maximum atomic E-state index is 14.7. The summed E-state index contributed by atoms with van der Waals surface area (Å²) in [5.74, 6) is -0.794. The van der Waals surface area contributed by atoms with E-state index in [1.54, 1.807) is 24.3 Å².